The standard InChI is InChI=1S/C17H15NO4/c1-20-14-8-7-13(12-6-4-5-11(9-12)10-18)16(21-2)15(19)17(14)22-3/h4-9H,1-3H3. The number of nitriles is 1. The van der Waals surface area contributed by atoms with Crippen LogP contribution in [-0.4, -0.2) is 21.3 Å². The number of nitrogens with zero attached hydrogens (tertiary/aromatic N) is 1. The van der Waals surface area contributed by atoms with Crippen LogP contribution < -0.4 is 19.6 Å². The highest BCUT2D eigenvalue weighted by Gasteiger charge is 2.16. The first kappa shape index (κ1) is 15.4. The lowest BCUT2D eigenvalue weighted by Gasteiger charge is -2.06. The summed E-state index contributed by atoms with van der Waals surface area (Å²) in [5.74, 6) is 0.519. The second-order valence-corrected chi connectivity index (χ2v) is 4.40. The summed E-state index contributed by atoms with van der Waals surface area (Å²) in [5.41, 5.74) is 1.35. The van der Waals surface area contributed by atoms with Crippen molar-refractivity contribution in [3.05, 3.63) is 52.2 Å². The zero-order valence-electron chi connectivity index (χ0n) is 12.5. The van der Waals surface area contributed by atoms with E-state index < -0.39 is 5.43 Å². The summed E-state index contributed by atoms with van der Waals surface area (Å²) >= 11 is 0. The van der Waals surface area contributed by atoms with Crippen LogP contribution in [0.2, 0.25) is 0 Å². The zero-order chi connectivity index (χ0) is 16.1. The maximum absolute atomic E-state index is 12.6. The number of rotatable bonds is 4. The molecule has 0 unspecified atom stereocenters. The van der Waals surface area contributed by atoms with Gasteiger partial charge in [-0.2, -0.15) is 5.26 Å². The Morgan fingerprint density at radius 1 is 0.955 bits per heavy atom. The van der Waals surface area contributed by atoms with Gasteiger partial charge >= 0.3 is 0 Å². The summed E-state index contributed by atoms with van der Waals surface area (Å²) < 4.78 is 15.6. The molecule has 2 rings (SSSR count). The van der Waals surface area contributed by atoms with Crippen molar-refractivity contribution < 1.29 is 14.2 Å². The van der Waals surface area contributed by atoms with Gasteiger partial charge in [0.05, 0.1) is 33.0 Å². The van der Waals surface area contributed by atoms with E-state index in [1.165, 1.54) is 21.3 Å². The van der Waals surface area contributed by atoms with E-state index in [9.17, 15) is 4.79 Å². The highest BCUT2D eigenvalue weighted by Crippen LogP contribution is 2.32. The lowest BCUT2D eigenvalue weighted by atomic mass is 10.0. The molecule has 0 spiro atoms. The fourth-order valence-electron chi connectivity index (χ4n) is 2.19. The number of hydrogen-bond donors (Lipinski definition) is 0. The van der Waals surface area contributed by atoms with Gasteiger partial charge in [-0.25, -0.2) is 0 Å². The Morgan fingerprint density at radius 2 is 1.68 bits per heavy atom. The first-order valence-electron chi connectivity index (χ1n) is 6.50. The molecule has 5 heteroatoms. The molecule has 2 aromatic rings. The van der Waals surface area contributed by atoms with Crippen LogP contribution in [0.15, 0.2) is 41.2 Å². The van der Waals surface area contributed by atoms with Crippen molar-refractivity contribution in [2.24, 2.45) is 0 Å². The minimum absolute atomic E-state index is 0.0713. The van der Waals surface area contributed by atoms with Crippen molar-refractivity contribution in [1.82, 2.24) is 0 Å². The fourth-order valence-corrected chi connectivity index (χ4v) is 2.19. The fraction of sp³-hybridized carbons (Fsp3) is 0.176. The van der Waals surface area contributed by atoms with Gasteiger partial charge in [0.25, 0.3) is 5.43 Å². The largest absolute Gasteiger partial charge is 0.493 e. The van der Waals surface area contributed by atoms with Crippen LogP contribution >= 0.6 is 0 Å². The summed E-state index contributed by atoms with van der Waals surface area (Å²) in [5, 5.41) is 9.02. The Labute approximate surface area is 128 Å². The topological polar surface area (TPSA) is 68.5 Å². The molecule has 0 bridgehead atoms. The van der Waals surface area contributed by atoms with Gasteiger partial charge < -0.3 is 14.2 Å². The third-order valence-electron chi connectivity index (χ3n) is 3.21. The highest BCUT2D eigenvalue weighted by atomic mass is 16.5. The van der Waals surface area contributed by atoms with Crippen molar-refractivity contribution in [3.63, 3.8) is 0 Å². The molecule has 5 nitrogen and oxygen atoms in total. The molecule has 0 aromatic heterocycles. The molecule has 0 N–H and O–H groups in total. The van der Waals surface area contributed by atoms with Crippen molar-refractivity contribution in [2.75, 3.05) is 21.3 Å². The van der Waals surface area contributed by atoms with E-state index >= 15 is 0 Å². The molecule has 0 amide bonds. The quantitative estimate of drug-likeness (QED) is 0.867. The summed E-state index contributed by atoms with van der Waals surface area (Å²) in [7, 11) is 4.27. The molecule has 0 saturated carbocycles. The van der Waals surface area contributed by atoms with Gasteiger partial charge in [-0.05, 0) is 29.8 Å². The predicted octanol–water partition coefficient (Wildman–Crippen LogP) is 2.61. The number of methoxy groups -OCH3 is 3. The molecule has 0 radical (unpaired) electrons. The minimum Gasteiger partial charge on any atom is -0.493 e. The minimum atomic E-state index is -0.413. The molecular weight excluding hydrogens is 282 g/mol. The lowest BCUT2D eigenvalue weighted by Crippen LogP contribution is -2.08. The van der Waals surface area contributed by atoms with Crippen LogP contribution in [0.1, 0.15) is 5.56 Å². The van der Waals surface area contributed by atoms with Gasteiger partial charge in [-0.3, -0.25) is 4.79 Å². The maximum atomic E-state index is 12.6. The van der Waals surface area contributed by atoms with E-state index in [-0.39, 0.29) is 11.5 Å². The van der Waals surface area contributed by atoms with Crippen molar-refractivity contribution in [2.45, 2.75) is 0 Å². The Morgan fingerprint density at radius 3 is 2.27 bits per heavy atom. The molecule has 2 aromatic carbocycles. The Bertz CT molecular complexity index is 794. The normalized spacial score (nSPS) is 9.73. The van der Waals surface area contributed by atoms with Crippen LogP contribution in [0.3, 0.4) is 0 Å². The van der Waals surface area contributed by atoms with E-state index in [2.05, 4.69) is 6.07 Å². The van der Waals surface area contributed by atoms with E-state index in [4.69, 9.17) is 19.5 Å². The molecular formula is C17H15NO4. The monoisotopic (exact) mass is 297 g/mol. The number of benzene rings is 1. The van der Waals surface area contributed by atoms with Gasteiger partial charge in [0.2, 0.25) is 5.75 Å². The molecule has 0 heterocycles. The van der Waals surface area contributed by atoms with Crippen LogP contribution in [0, 0.1) is 11.3 Å². The Kier molecular flexibility index (Phi) is 4.64. The van der Waals surface area contributed by atoms with Crippen molar-refractivity contribution >= 4 is 0 Å². The van der Waals surface area contributed by atoms with Crippen LogP contribution in [-0.2, 0) is 0 Å². The first-order chi connectivity index (χ1) is 10.7. The van der Waals surface area contributed by atoms with Gasteiger partial charge in [-0.1, -0.05) is 12.1 Å². The summed E-state index contributed by atoms with van der Waals surface area (Å²) in [6.45, 7) is 0. The van der Waals surface area contributed by atoms with Gasteiger partial charge in [0.15, 0.2) is 11.5 Å². The zero-order valence-corrected chi connectivity index (χ0v) is 12.5. The second-order valence-electron chi connectivity index (χ2n) is 4.40. The Balaban J connectivity index is 2.82. The van der Waals surface area contributed by atoms with E-state index in [0.717, 1.165) is 0 Å². The average molecular weight is 297 g/mol. The molecule has 0 atom stereocenters. The number of hydrogen-bond acceptors (Lipinski definition) is 5. The van der Waals surface area contributed by atoms with E-state index in [0.29, 0.717) is 22.4 Å². The van der Waals surface area contributed by atoms with Gasteiger partial charge in [0.1, 0.15) is 0 Å². The predicted molar refractivity (Wildman–Crippen MR) is 82.5 cm³/mol. The van der Waals surface area contributed by atoms with Crippen molar-refractivity contribution in [3.8, 4) is 34.4 Å². The van der Waals surface area contributed by atoms with Crippen LogP contribution in [0.4, 0.5) is 0 Å². The summed E-state index contributed by atoms with van der Waals surface area (Å²) in [6.07, 6.45) is 0. The van der Waals surface area contributed by atoms with Gasteiger partial charge in [0, 0.05) is 5.56 Å². The van der Waals surface area contributed by atoms with E-state index in [1.54, 1.807) is 36.4 Å². The molecule has 0 fully saturated rings. The highest BCUT2D eigenvalue weighted by molar-refractivity contribution is 5.72. The first-order valence-corrected chi connectivity index (χ1v) is 6.50. The lowest BCUT2D eigenvalue weighted by molar-refractivity contribution is 0.349. The molecule has 22 heavy (non-hydrogen) atoms. The smallest absolute Gasteiger partial charge is 0.266 e. The second kappa shape index (κ2) is 6.64. The van der Waals surface area contributed by atoms with Crippen LogP contribution in [0.5, 0.6) is 17.2 Å². The summed E-state index contributed by atoms with van der Waals surface area (Å²) in [4.78, 5) is 12.6. The van der Waals surface area contributed by atoms with Crippen molar-refractivity contribution in [1.29, 1.82) is 5.26 Å². The average Bonchev–Trinajstić information content (AvgIpc) is 2.70. The number of ether oxygens (including phenoxy) is 3. The third-order valence-corrected chi connectivity index (χ3v) is 3.21. The maximum Gasteiger partial charge on any atom is 0.266 e. The molecule has 0 aliphatic rings. The third kappa shape index (κ3) is 2.72. The SMILES string of the molecule is COc1ccc(-c2cccc(C#N)c2)c(OC)c(=O)c1OC. The molecule has 0 aliphatic heterocycles. The molecule has 0 aliphatic carbocycles. The van der Waals surface area contributed by atoms with E-state index in [1.807, 2.05) is 0 Å². The Hall–Kier alpha value is -3.00. The molecule has 112 valence electrons. The van der Waals surface area contributed by atoms with Crippen LogP contribution in [0.25, 0.3) is 11.1 Å². The summed E-state index contributed by atoms with van der Waals surface area (Å²) in [6, 6.07) is 12.4. The van der Waals surface area contributed by atoms with Gasteiger partial charge in [-0.15, -0.1) is 0 Å². The molecule has 0 saturated heterocycles.